The number of ketones is 2. The van der Waals surface area contributed by atoms with Crippen molar-refractivity contribution < 1.29 is 9.59 Å². The van der Waals surface area contributed by atoms with Crippen molar-refractivity contribution in [1.29, 1.82) is 5.26 Å². The fourth-order valence-corrected chi connectivity index (χ4v) is 0.403. The molecule has 3 heteroatoms. The monoisotopic (exact) mass is 125 g/mol. The summed E-state index contributed by atoms with van der Waals surface area (Å²) in [6.07, 6.45) is 0.804. The molecule has 0 radical (unpaired) electrons. The zero-order valence-corrected chi connectivity index (χ0v) is 5.18. The highest BCUT2D eigenvalue weighted by Crippen LogP contribution is 1.88. The average molecular weight is 125 g/mol. The fourth-order valence-electron chi connectivity index (χ4n) is 0.403. The summed E-state index contributed by atoms with van der Waals surface area (Å²) < 4.78 is 0. The Kier molecular flexibility index (Phi) is 3.29. The number of nitriles is 1. The van der Waals surface area contributed by atoms with Crippen LogP contribution in [0.25, 0.3) is 0 Å². The van der Waals surface area contributed by atoms with Crippen LogP contribution >= 0.6 is 0 Å². The molecule has 3 nitrogen and oxygen atoms in total. The highest BCUT2D eigenvalue weighted by Gasteiger charge is 2.09. The third-order valence-corrected chi connectivity index (χ3v) is 0.832. The van der Waals surface area contributed by atoms with Gasteiger partial charge in [-0.25, -0.2) is 0 Å². The second kappa shape index (κ2) is 3.79. The third-order valence-electron chi connectivity index (χ3n) is 0.832. The Bertz CT molecular complexity index is 166. The lowest BCUT2D eigenvalue weighted by Crippen LogP contribution is -2.09. The Hall–Kier alpha value is -1.17. The molecule has 0 heterocycles. The minimum atomic E-state index is -0.933. The van der Waals surface area contributed by atoms with Gasteiger partial charge in [0.1, 0.15) is 6.07 Å². The molecule has 0 unspecified atom stereocenters. The van der Waals surface area contributed by atoms with Crippen LogP contribution in [0.5, 0.6) is 0 Å². The van der Waals surface area contributed by atoms with Crippen molar-refractivity contribution in [1.82, 2.24) is 0 Å². The lowest BCUT2D eigenvalue weighted by Gasteiger charge is -1.85. The molecule has 0 aromatic heterocycles. The Morgan fingerprint density at radius 3 is 2.44 bits per heavy atom. The standard InChI is InChI=1S/C6H7NO2/c1-2-3-5(8)6(9)4-7/h2-3H2,1H3. The van der Waals surface area contributed by atoms with Gasteiger partial charge in [-0.15, -0.1) is 0 Å². The fraction of sp³-hybridized carbons (Fsp3) is 0.500. The molecule has 9 heavy (non-hydrogen) atoms. The van der Waals surface area contributed by atoms with Crippen LogP contribution in [-0.4, -0.2) is 11.6 Å². The van der Waals surface area contributed by atoms with Crippen molar-refractivity contribution in [3.8, 4) is 6.07 Å². The van der Waals surface area contributed by atoms with E-state index in [1.54, 1.807) is 6.92 Å². The van der Waals surface area contributed by atoms with Crippen molar-refractivity contribution >= 4 is 11.6 Å². The summed E-state index contributed by atoms with van der Waals surface area (Å²) in [5, 5.41) is 7.91. The van der Waals surface area contributed by atoms with Crippen LogP contribution in [0.2, 0.25) is 0 Å². The Morgan fingerprint density at radius 1 is 1.56 bits per heavy atom. The smallest absolute Gasteiger partial charge is 0.290 e. The lowest BCUT2D eigenvalue weighted by atomic mass is 10.2. The van der Waals surface area contributed by atoms with Gasteiger partial charge in [0.15, 0.2) is 0 Å². The van der Waals surface area contributed by atoms with Crippen LogP contribution in [0.3, 0.4) is 0 Å². The van der Waals surface area contributed by atoms with Gasteiger partial charge in [0.05, 0.1) is 0 Å². The van der Waals surface area contributed by atoms with E-state index in [-0.39, 0.29) is 6.42 Å². The largest absolute Gasteiger partial charge is 0.297 e. The zero-order chi connectivity index (χ0) is 7.28. The van der Waals surface area contributed by atoms with E-state index in [9.17, 15) is 9.59 Å². The molecule has 0 saturated heterocycles. The van der Waals surface area contributed by atoms with E-state index in [0.29, 0.717) is 6.42 Å². The molecular weight excluding hydrogens is 118 g/mol. The number of carbonyl (C=O) groups excluding carboxylic acids is 2. The highest BCUT2D eigenvalue weighted by molar-refractivity contribution is 6.43. The van der Waals surface area contributed by atoms with E-state index in [1.807, 2.05) is 0 Å². The van der Waals surface area contributed by atoms with Gasteiger partial charge in [-0.2, -0.15) is 5.26 Å². The van der Waals surface area contributed by atoms with Gasteiger partial charge in [0.2, 0.25) is 5.78 Å². The summed E-state index contributed by atoms with van der Waals surface area (Å²) in [4.78, 5) is 20.6. The Balaban J connectivity index is 3.78. The summed E-state index contributed by atoms with van der Waals surface area (Å²) in [5.74, 6) is -1.52. The number of carbonyl (C=O) groups is 2. The molecule has 0 aliphatic rings. The molecule has 48 valence electrons. The van der Waals surface area contributed by atoms with Crippen LogP contribution in [0.4, 0.5) is 0 Å². The van der Waals surface area contributed by atoms with Crippen molar-refractivity contribution in [2.45, 2.75) is 19.8 Å². The number of rotatable bonds is 3. The highest BCUT2D eigenvalue weighted by atomic mass is 16.2. The predicted octanol–water partition coefficient (Wildman–Crippen LogP) is 0.448. The molecule has 0 aliphatic carbocycles. The SMILES string of the molecule is CCCC(=O)C(=O)C#N. The van der Waals surface area contributed by atoms with Crippen LogP contribution in [0, 0.1) is 11.3 Å². The Labute approximate surface area is 53.3 Å². The first-order valence-electron chi connectivity index (χ1n) is 2.69. The maximum Gasteiger partial charge on any atom is 0.297 e. The predicted molar refractivity (Wildman–Crippen MR) is 30.5 cm³/mol. The van der Waals surface area contributed by atoms with Crippen molar-refractivity contribution in [3.05, 3.63) is 0 Å². The number of hydrogen-bond donors (Lipinski definition) is 0. The minimum absolute atomic E-state index is 0.187. The van der Waals surface area contributed by atoms with Crippen LogP contribution in [-0.2, 0) is 9.59 Å². The zero-order valence-electron chi connectivity index (χ0n) is 5.18. The summed E-state index contributed by atoms with van der Waals surface area (Å²) >= 11 is 0. The molecule has 0 atom stereocenters. The lowest BCUT2D eigenvalue weighted by molar-refractivity contribution is -0.133. The van der Waals surface area contributed by atoms with Crippen LogP contribution in [0.1, 0.15) is 19.8 Å². The van der Waals surface area contributed by atoms with E-state index in [1.165, 1.54) is 6.07 Å². The van der Waals surface area contributed by atoms with E-state index < -0.39 is 11.6 Å². The maximum absolute atomic E-state index is 10.4. The van der Waals surface area contributed by atoms with Gasteiger partial charge in [0.25, 0.3) is 5.78 Å². The van der Waals surface area contributed by atoms with Crippen LogP contribution < -0.4 is 0 Å². The van der Waals surface area contributed by atoms with Crippen molar-refractivity contribution in [2.24, 2.45) is 0 Å². The average Bonchev–Trinajstić information content (AvgIpc) is 1.87. The van der Waals surface area contributed by atoms with E-state index in [4.69, 9.17) is 5.26 Å². The van der Waals surface area contributed by atoms with Gasteiger partial charge >= 0.3 is 0 Å². The molecule has 0 amide bonds. The summed E-state index contributed by atoms with van der Waals surface area (Å²) in [6, 6.07) is 1.26. The normalized spacial score (nSPS) is 8.00. The van der Waals surface area contributed by atoms with Gasteiger partial charge in [-0.3, -0.25) is 9.59 Å². The number of hydrogen-bond acceptors (Lipinski definition) is 3. The molecule has 0 aromatic rings. The number of Topliss-reactive ketones (excluding diaryl/α,β-unsaturated/α-hetero) is 2. The van der Waals surface area contributed by atoms with E-state index >= 15 is 0 Å². The first-order valence-corrected chi connectivity index (χ1v) is 2.69. The second-order valence-corrected chi connectivity index (χ2v) is 1.61. The van der Waals surface area contributed by atoms with Gasteiger partial charge in [0, 0.05) is 6.42 Å². The molecule has 0 N–H and O–H groups in total. The van der Waals surface area contributed by atoms with Gasteiger partial charge in [-0.05, 0) is 6.42 Å². The van der Waals surface area contributed by atoms with Crippen molar-refractivity contribution in [2.75, 3.05) is 0 Å². The molecule has 0 rings (SSSR count). The number of nitrogens with zero attached hydrogens (tertiary/aromatic N) is 1. The quantitative estimate of drug-likeness (QED) is 0.406. The van der Waals surface area contributed by atoms with E-state index in [2.05, 4.69) is 0 Å². The molecule has 0 aliphatic heterocycles. The summed E-state index contributed by atoms with van der Waals surface area (Å²) in [7, 11) is 0. The first kappa shape index (κ1) is 7.83. The first-order chi connectivity index (χ1) is 4.22. The molecule has 0 fully saturated rings. The van der Waals surface area contributed by atoms with Crippen LogP contribution in [0.15, 0.2) is 0 Å². The minimum Gasteiger partial charge on any atom is -0.290 e. The third kappa shape index (κ3) is 2.60. The van der Waals surface area contributed by atoms with Gasteiger partial charge in [-0.1, -0.05) is 6.92 Å². The molecular formula is C6H7NO2. The summed E-state index contributed by atoms with van der Waals surface area (Å²) in [5.41, 5.74) is 0. The summed E-state index contributed by atoms with van der Waals surface area (Å²) in [6.45, 7) is 1.78. The molecule has 0 saturated carbocycles. The van der Waals surface area contributed by atoms with Gasteiger partial charge < -0.3 is 0 Å². The molecule has 0 aromatic carbocycles. The maximum atomic E-state index is 10.4. The Morgan fingerprint density at radius 2 is 2.11 bits per heavy atom. The van der Waals surface area contributed by atoms with Crippen molar-refractivity contribution in [3.63, 3.8) is 0 Å². The topological polar surface area (TPSA) is 57.9 Å². The second-order valence-electron chi connectivity index (χ2n) is 1.61. The molecule has 0 spiro atoms. The van der Waals surface area contributed by atoms with E-state index in [0.717, 1.165) is 0 Å². The molecule has 0 bridgehead atoms.